The van der Waals surface area contributed by atoms with E-state index in [4.69, 9.17) is 5.73 Å². The summed E-state index contributed by atoms with van der Waals surface area (Å²) in [4.78, 5) is 11.2. The molecule has 1 aromatic carbocycles. The van der Waals surface area contributed by atoms with Gasteiger partial charge in [0.25, 0.3) is 0 Å². The summed E-state index contributed by atoms with van der Waals surface area (Å²) in [5, 5.41) is 2.87. The second kappa shape index (κ2) is 4.03. The van der Waals surface area contributed by atoms with Crippen LogP contribution in [0, 0.1) is 0 Å². The molecule has 0 saturated heterocycles. The molecule has 3 heteroatoms. The van der Waals surface area contributed by atoms with Crippen molar-refractivity contribution in [3.8, 4) is 0 Å². The zero-order valence-electron chi connectivity index (χ0n) is 8.92. The molecule has 3 N–H and O–H groups in total. The van der Waals surface area contributed by atoms with Crippen LogP contribution in [-0.2, 0) is 17.6 Å². The van der Waals surface area contributed by atoms with E-state index in [9.17, 15) is 4.79 Å². The number of benzene rings is 1. The number of carbonyl (C=O) groups is 1. The van der Waals surface area contributed by atoms with Crippen molar-refractivity contribution in [3.05, 3.63) is 29.3 Å². The van der Waals surface area contributed by atoms with Crippen molar-refractivity contribution in [1.82, 2.24) is 0 Å². The van der Waals surface area contributed by atoms with E-state index in [1.807, 2.05) is 19.1 Å². The Balaban J connectivity index is 2.23. The first kappa shape index (κ1) is 10.2. The minimum atomic E-state index is 0.113. The van der Waals surface area contributed by atoms with Gasteiger partial charge in [-0.05, 0) is 37.0 Å². The van der Waals surface area contributed by atoms with Gasteiger partial charge in [-0.3, -0.25) is 4.79 Å². The van der Waals surface area contributed by atoms with Crippen molar-refractivity contribution in [2.75, 3.05) is 5.32 Å². The maximum Gasteiger partial charge on any atom is 0.224 e. The molecule has 2 rings (SSSR count). The van der Waals surface area contributed by atoms with Crippen molar-refractivity contribution in [2.24, 2.45) is 5.73 Å². The number of hydrogen-bond acceptors (Lipinski definition) is 2. The summed E-state index contributed by atoms with van der Waals surface area (Å²) >= 11 is 0. The average molecular weight is 204 g/mol. The predicted octanol–water partition coefficient (Wildman–Crippen LogP) is 1.46. The predicted molar refractivity (Wildman–Crippen MR) is 60.7 cm³/mol. The third-order valence-electron chi connectivity index (χ3n) is 2.62. The number of nitrogens with one attached hydrogen (secondary N) is 1. The molecule has 1 aliphatic rings. The smallest absolute Gasteiger partial charge is 0.224 e. The molecule has 15 heavy (non-hydrogen) atoms. The number of anilines is 1. The topological polar surface area (TPSA) is 55.1 Å². The first-order valence-corrected chi connectivity index (χ1v) is 5.32. The number of nitrogens with two attached hydrogens (primary N) is 1. The van der Waals surface area contributed by atoms with Gasteiger partial charge in [-0.25, -0.2) is 0 Å². The second-order valence-corrected chi connectivity index (χ2v) is 4.22. The summed E-state index contributed by atoms with van der Waals surface area (Å²) in [7, 11) is 0. The van der Waals surface area contributed by atoms with E-state index >= 15 is 0 Å². The third kappa shape index (κ3) is 2.36. The highest BCUT2D eigenvalue weighted by Gasteiger charge is 2.14. The summed E-state index contributed by atoms with van der Waals surface area (Å²) in [6, 6.07) is 6.34. The molecule has 80 valence electrons. The zero-order chi connectivity index (χ0) is 10.8. The van der Waals surface area contributed by atoms with Gasteiger partial charge in [-0.1, -0.05) is 12.1 Å². The number of amides is 1. The highest BCUT2D eigenvalue weighted by Crippen LogP contribution is 2.23. The van der Waals surface area contributed by atoms with Crippen molar-refractivity contribution >= 4 is 11.6 Å². The summed E-state index contributed by atoms with van der Waals surface area (Å²) in [5.41, 5.74) is 9.19. The Labute approximate surface area is 89.7 Å². The molecule has 1 aliphatic heterocycles. The molecule has 1 unspecified atom stereocenters. The van der Waals surface area contributed by atoms with E-state index in [0.29, 0.717) is 6.42 Å². The first-order valence-electron chi connectivity index (χ1n) is 5.32. The minimum Gasteiger partial charge on any atom is -0.328 e. The fraction of sp³-hybridized carbons (Fsp3) is 0.417. The van der Waals surface area contributed by atoms with Crippen LogP contribution in [-0.4, -0.2) is 11.9 Å². The molecule has 0 spiro atoms. The van der Waals surface area contributed by atoms with Crippen molar-refractivity contribution in [1.29, 1.82) is 0 Å². The molecular formula is C12H16N2O. The summed E-state index contributed by atoms with van der Waals surface area (Å²) in [5.74, 6) is 0.113. The molecule has 1 heterocycles. The largest absolute Gasteiger partial charge is 0.328 e. The van der Waals surface area contributed by atoms with Crippen LogP contribution < -0.4 is 11.1 Å². The minimum absolute atomic E-state index is 0.113. The molecule has 0 bridgehead atoms. The van der Waals surface area contributed by atoms with Gasteiger partial charge < -0.3 is 11.1 Å². The molecule has 0 fully saturated rings. The Bertz CT molecular complexity index is 385. The molecule has 0 aromatic heterocycles. The normalized spacial score (nSPS) is 16.8. The van der Waals surface area contributed by atoms with Crippen molar-refractivity contribution in [2.45, 2.75) is 32.2 Å². The van der Waals surface area contributed by atoms with Crippen LogP contribution in [0.3, 0.4) is 0 Å². The van der Waals surface area contributed by atoms with Gasteiger partial charge in [0.05, 0.1) is 0 Å². The van der Waals surface area contributed by atoms with Crippen molar-refractivity contribution in [3.63, 3.8) is 0 Å². The number of fused-ring (bicyclic) bond motifs is 1. The molecule has 1 amide bonds. The Hall–Kier alpha value is -1.35. The quantitative estimate of drug-likeness (QED) is 0.766. The van der Waals surface area contributed by atoms with Crippen LogP contribution in [0.4, 0.5) is 5.69 Å². The monoisotopic (exact) mass is 204 g/mol. The molecule has 0 saturated carbocycles. The highest BCUT2D eigenvalue weighted by molar-refractivity contribution is 5.93. The number of rotatable bonds is 2. The standard InChI is InChI=1S/C12H16N2O/c1-8(13)6-9-2-4-11-10(7-9)3-5-12(15)14-11/h2,4,7-8H,3,5-6,13H2,1H3,(H,14,15). The summed E-state index contributed by atoms with van der Waals surface area (Å²) in [6.45, 7) is 2.00. The van der Waals surface area contributed by atoms with Crippen LogP contribution in [0.1, 0.15) is 24.5 Å². The Morgan fingerprint density at radius 1 is 1.47 bits per heavy atom. The van der Waals surface area contributed by atoms with E-state index in [2.05, 4.69) is 11.4 Å². The summed E-state index contributed by atoms with van der Waals surface area (Å²) < 4.78 is 0. The van der Waals surface area contributed by atoms with E-state index in [-0.39, 0.29) is 11.9 Å². The molecule has 0 aliphatic carbocycles. The SMILES string of the molecule is CC(N)Cc1ccc2c(c1)CCC(=O)N2. The fourth-order valence-electron chi connectivity index (χ4n) is 1.94. The van der Waals surface area contributed by atoms with E-state index in [0.717, 1.165) is 18.5 Å². The van der Waals surface area contributed by atoms with Gasteiger partial charge in [-0.2, -0.15) is 0 Å². The third-order valence-corrected chi connectivity index (χ3v) is 2.62. The fourth-order valence-corrected chi connectivity index (χ4v) is 1.94. The van der Waals surface area contributed by atoms with Gasteiger partial charge in [0.1, 0.15) is 0 Å². The van der Waals surface area contributed by atoms with Gasteiger partial charge in [0.2, 0.25) is 5.91 Å². The molecular weight excluding hydrogens is 188 g/mol. The highest BCUT2D eigenvalue weighted by atomic mass is 16.1. The Morgan fingerprint density at radius 2 is 2.27 bits per heavy atom. The Morgan fingerprint density at radius 3 is 3.00 bits per heavy atom. The van der Waals surface area contributed by atoms with Crippen LogP contribution in [0.15, 0.2) is 18.2 Å². The lowest BCUT2D eigenvalue weighted by atomic mass is 9.98. The van der Waals surface area contributed by atoms with Gasteiger partial charge in [0, 0.05) is 18.2 Å². The van der Waals surface area contributed by atoms with E-state index in [1.165, 1.54) is 11.1 Å². The van der Waals surface area contributed by atoms with E-state index < -0.39 is 0 Å². The Kier molecular flexibility index (Phi) is 2.73. The van der Waals surface area contributed by atoms with Gasteiger partial charge >= 0.3 is 0 Å². The zero-order valence-corrected chi connectivity index (χ0v) is 8.92. The molecule has 3 nitrogen and oxygen atoms in total. The van der Waals surface area contributed by atoms with Gasteiger partial charge in [0.15, 0.2) is 0 Å². The van der Waals surface area contributed by atoms with Crippen LogP contribution in [0.5, 0.6) is 0 Å². The first-order chi connectivity index (χ1) is 7.15. The number of hydrogen-bond donors (Lipinski definition) is 2. The number of carbonyl (C=O) groups excluding carboxylic acids is 1. The molecule has 1 atom stereocenters. The summed E-state index contributed by atoms with van der Waals surface area (Å²) in [6.07, 6.45) is 2.32. The van der Waals surface area contributed by atoms with Crippen LogP contribution in [0.25, 0.3) is 0 Å². The maximum absolute atomic E-state index is 11.2. The second-order valence-electron chi connectivity index (χ2n) is 4.22. The lowest BCUT2D eigenvalue weighted by Crippen LogP contribution is -2.20. The van der Waals surface area contributed by atoms with Crippen LogP contribution >= 0.6 is 0 Å². The molecule has 0 radical (unpaired) electrons. The van der Waals surface area contributed by atoms with Crippen LogP contribution in [0.2, 0.25) is 0 Å². The van der Waals surface area contributed by atoms with E-state index in [1.54, 1.807) is 0 Å². The lowest BCUT2D eigenvalue weighted by Gasteiger charge is -2.18. The van der Waals surface area contributed by atoms with Crippen molar-refractivity contribution < 1.29 is 4.79 Å². The number of aryl methyl sites for hydroxylation is 1. The average Bonchev–Trinajstić information content (AvgIpc) is 2.17. The lowest BCUT2D eigenvalue weighted by molar-refractivity contribution is -0.116. The maximum atomic E-state index is 11.2. The molecule has 1 aromatic rings. The van der Waals surface area contributed by atoms with Gasteiger partial charge in [-0.15, -0.1) is 0 Å².